The number of halogens is 1. The lowest BCUT2D eigenvalue weighted by molar-refractivity contribution is 0.230. The lowest BCUT2D eigenvalue weighted by atomic mass is 9.77. The molecule has 1 aromatic heterocycles. The molecule has 1 aliphatic heterocycles. The Hall–Kier alpha value is -1.61. The second-order valence-electron chi connectivity index (χ2n) is 7.05. The van der Waals surface area contributed by atoms with Crippen molar-refractivity contribution in [3.8, 4) is 0 Å². The van der Waals surface area contributed by atoms with E-state index in [4.69, 9.17) is 5.14 Å². The van der Waals surface area contributed by atoms with E-state index in [2.05, 4.69) is 21.5 Å². The van der Waals surface area contributed by atoms with Crippen LogP contribution < -0.4 is 20.3 Å². The molecule has 0 bridgehead atoms. The van der Waals surface area contributed by atoms with Crippen LogP contribution in [0.2, 0.25) is 0 Å². The smallest absolute Gasteiger partial charge is 0.274 e. The van der Waals surface area contributed by atoms with Crippen molar-refractivity contribution in [3.05, 3.63) is 40.7 Å². The molecule has 0 saturated carbocycles. The topological polar surface area (TPSA) is 108 Å². The fraction of sp³-hybridized carbons (Fsp3) is 0.471. The van der Waals surface area contributed by atoms with Crippen LogP contribution >= 0.6 is 12.4 Å². The third-order valence-electron chi connectivity index (χ3n) is 5.07. The van der Waals surface area contributed by atoms with Crippen LogP contribution in [-0.4, -0.2) is 33.0 Å². The number of H-pyrrole nitrogens is 1. The SMILES string of the molecule is CC1(CCNS(N)(=O)=O)CCN(c2cc(=O)[nH]c3ccccc23)CC1.Cl. The maximum absolute atomic E-state index is 12.0. The summed E-state index contributed by atoms with van der Waals surface area (Å²) in [7, 11) is -3.63. The van der Waals surface area contributed by atoms with Gasteiger partial charge in [-0.25, -0.2) is 9.86 Å². The van der Waals surface area contributed by atoms with Crippen molar-refractivity contribution in [3.63, 3.8) is 0 Å². The number of nitrogens with two attached hydrogens (primary N) is 1. The molecule has 3 rings (SSSR count). The van der Waals surface area contributed by atoms with E-state index in [1.807, 2.05) is 24.3 Å². The Morgan fingerprint density at radius 2 is 1.92 bits per heavy atom. The van der Waals surface area contributed by atoms with Gasteiger partial charge in [-0.3, -0.25) is 4.79 Å². The van der Waals surface area contributed by atoms with Gasteiger partial charge in [0.15, 0.2) is 0 Å². The van der Waals surface area contributed by atoms with Crippen LogP contribution in [-0.2, 0) is 10.2 Å². The van der Waals surface area contributed by atoms with Crippen LogP contribution in [0.5, 0.6) is 0 Å². The lowest BCUT2D eigenvalue weighted by Gasteiger charge is -2.40. The van der Waals surface area contributed by atoms with E-state index >= 15 is 0 Å². The van der Waals surface area contributed by atoms with Gasteiger partial charge in [-0.15, -0.1) is 12.4 Å². The molecule has 7 nitrogen and oxygen atoms in total. The number of nitrogens with one attached hydrogen (secondary N) is 2. The number of hydrogen-bond donors (Lipinski definition) is 3. The first kappa shape index (κ1) is 20.7. The second-order valence-corrected chi connectivity index (χ2v) is 8.43. The zero-order valence-corrected chi connectivity index (χ0v) is 16.3. The maximum atomic E-state index is 12.0. The third-order valence-corrected chi connectivity index (χ3v) is 5.68. The van der Waals surface area contributed by atoms with Crippen molar-refractivity contribution in [2.45, 2.75) is 26.2 Å². The number of rotatable bonds is 5. The highest BCUT2D eigenvalue weighted by atomic mass is 35.5. The van der Waals surface area contributed by atoms with Crippen LogP contribution in [0.4, 0.5) is 5.69 Å². The van der Waals surface area contributed by atoms with Crippen LogP contribution in [0.3, 0.4) is 0 Å². The largest absolute Gasteiger partial charge is 0.371 e. The van der Waals surface area contributed by atoms with E-state index in [1.54, 1.807) is 6.07 Å². The molecule has 1 aromatic carbocycles. The minimum Gasteiger partial charge on any atom is -0.371 e. The van der Waals surface area contributed by atoms with Gasteiger partial charge in [-0.2, -0.15) is 8.42 Å². The molecule has 9 heteroatoms. The van der Waals surface area contributed by atoms with E-state index < -0.39 is 10.2 Å². The highest BCUT2D eigenvalue weighted by molar-refractivity contribution is 7.87. The van der Waals surface area contributed by atoms with Crippen molar-refractivity contribution in [2.24, 2.45) is 10.6 Å². The van der Waals surface area contributed by atoms with Crippen molar-refractivity contribution < 1.29 is 8.42 Å². The van der Waals surface area contributed by atoms with Gasteiger partial charge in [0.05, 0.1) is 11.2 Å². The molecule has 26 heavy (non-hydrogen) atoms. The second kappa shape index (κ2) is 7.96. The standard InChI is InChI=1S/C17H24N4O3S.ClH/c1-17(6-9-19-25(18,23)24)7-10-21(11-8-17)15-12-16(22)20-14-5-3-2-4-13(14)15;/h2-5,12,19H,6-11H2,1H3,(H,20,22)(H2,18,23,24);1H. The summed E-state index contributed by atoms with van der Waals surface area (Å²) in [5.41, 5.74) is 1.77. The monoisotopic (exact) mass is 400 g/mol. The molecule has 0 unspecified atom stereocenters. The minimum absolute atomic E-state index is 0. The van der Waals surface area contributed by atoms with Gasteiger partial charge in [0.2, 0.25) is 5.56 Å². The summed E-state index contributed by atoms with van der Waals surface area (Å²) in [4.78, 5) is 17.1. The van der Waals surface area contributed by atoms with Gasteiger partial charge in [0.25, 0.3) is 10.2 Å². The first-order valence-corrected chi connectivity index (χ1v) is 9.95. The summed E-state index contributed by atoms with van der Waals surface area (Å²) >= 11 is 0. The molecule has 4 N–H and O–H groups in total. The van der Waals surface area contributed by atoms with E-state index in [0.717, 1.165) is 48.9 Å². The Morgan fingerprint density at radius 1 is 1.27 bits per heavy atom. The molecule has 0 amide bonds. The number of pyridine rings is 1. The van der Waals surface area contributed by atoms with Crippen LogP contribution in [0.25, 0.3) is 10.9 Å². The quantitative estimate of drug-likeness (QED) is 0.710. The number of anilines is 1. The summed E-state index contributed by atoms with van der Waals surface area (Å²) in [6, 6.07) is 9.47. The number of piperidine rings is 1. The van der Waals surface area contributed by atoms with Crippen molar-refractivity contribution in [1.82, 2.24) is 9.71 Å². The molecule has 1 saturated heterocycles. The molecule has 1 fully saturated rings. The fourth-order valence-electron chi connectivity index (χ4n) is 3.48. The zero-order valence-electron chi connectivity index (χ0n) is 14.7. The predicted molar refractivity (Wildman–Crippen MR) is 107 cm³/mol. The van der Waals surface area contributed by atoms with Crippen LogP contribution in [0, 0.1) is 5.41 Å². The van der Waals surface area contributed by atoms with Gasteiger partial charge in [0, 0.05) is 31.1 Å². The number of fused-ring (bicyclic) bond motifs is 1. The molecule has 0 aliphatic carbocycles. The molecular weight excluding hydrogens is 376 g/mol. The number of benzene rings is 1. The summed E-state index contributed by atoms with van der Waals surface area (Å²) in [6.45, 7) is 4.19. The summed E-state index contributed by atoms with van der Waals surface area (Å²) in [6.07, 6.45) is 2.61. The first-order valence-electron chi connectivity index (χ1n) is 8.40. The van der Waals surface area contributed by atoms with Gasteiger partial charge < -0.3 is 9.88 Å². The Kier molecular flexibility index (Phi) is 6.33. The zero-order chi connectivity index (χ0) is 18.1. The average Bonchev–Trinajstić information content (AvgIpc) is 2.53. The summed E-state index contributed by atoms with van der Waals surface area (Å²) in [5, 5.41) is 6.02. The third kappa shape index (κ3) is 4.97. The lowest BCUT2D eigenvalue weighted by Crippen LogP contribution is -2.41. The fourth-order valence-corrected chi connectivity index (χ4v) is 3.87. The van der Waals surface area contributed by atoms with E-state index in [1.165, 1.54) is 0 Å². The van der Waals surface area contributed by atoms with Gasteiger partial charge in [-0.05, 0) is 30.7 Å². The highest BCUT2D eigenvalue weighted by Gasteiger charge is 2.30. The molecular formula is C17H25ClN4O3S. The molecule has 144 valence electrons. The Bertz CT molecular complexity index is 921. The first-order chi connectivity index (χ1) is 11.8. The molecule has 0 spiro atoms. The summed E-state index contributed by atoms with van der Waals surface area (Å²) < 4.78 is 24.4. The van der Waals surface area contributed by atoms with Crippen LogP contribution in [0.15, 0.2) is 35.1 Å². The predicted octanol–water partition coefficient (Wildman–Crippen LogP) is 1.74. The molecule has 1 aliphatic rings. The molecule has 0 radical (unpaired) electrons. The molecule has 2 heterocycles. The van der Waals surface area contributed by atoms with Crippen molar-refractivity contribution in [1.29, 1.82) is 0 Å². The number of aromatic nitrogens is 1. The number of nitrogens with zero attached hydrogens (tertiary/aromatic N) is 1. The maximum Gasteiger partial charge on any atom is 0.274 e. The number of aromatic amines is 1. The average molecular weight is 401 g/mol. The number of hydrogen-bond acceptors (Lipinski definition) is 4. The molecule has 0 atom stereocenters. The Balaban J connectivity index is 0.00000243. The summed E-state index contributed by atoms with van der Waals surface area (Å²) in [5.74, 6) is 0. The van der Waals surface area contributed by atoms with E-state index in [0.29, 0.717) is 6.54 Å². The minimum atomic E-state index is -3.63. The highest BCUT2D eigenvalue weighted by Crippen LogP contribution is 2.36. The van der Waals surface area contributed by atoms with Crippen LogP contribution in [0.1, 0.15) is 26.2 Å². The van der Waals surface area contributed by atoms with Crippen molar-refractivity contribution in [2.75, 3.05) is 24.5 Å². The van der Waals surface area contributed by atoms with E-state index in [9.17, 15) is 13.2 Å². The normalized spacial score (nSPS) is 17.1. The molecule has 2 aromatic rings. The van der Waals surface area contributed by atoms with Gasteiger partial charge in [-0.1, -0.05) is 25.1 Å². The van der Waals surface area contributed by atoms with Crippen molar-refractivity contribution >= 4 is 39.2 Å². The Morgan fingerprint density at radius 3 is 2.58 bits per heavy atom. The van der Waals surface area contributed by atoms with Gasteiger partial charge in [0.1, 0.15) is 0 Å². The number of para-hydroxylation sites is 1. The van der Waals surface area contributed by atoms with E-state index in [-0.39, 0.29) is 23.4 Å². The van der Waals surface area contributed by atoms with Gasteiger partial charge >= 0.3 is 0 Å². The Labute approximate surface area is 159 Å².